The molecule has 0 bridgehead atoms. The van der Waals surface area contributed by atoms with Gasteiger partial charge in [0.25, 0.3) is 0 Å². The summed E-state index contributed by atoms with van der Waals surface area (Å²) in [6.07, 6.45) is 1.72. The van der Waals surface area contributed by atoms with Crippen LogP contribution in [0.4, 0.5) is 0 Å². The summed E-state index contributed by atoms with van der Waals surface area (Å²) in [5.41, 5.74) is 0. The maximum Gasteiger partial charge on any atom is 0.323 e. The highest BCUT2D eigenvalue weighted by Gasteiger charge is 2.21. The summed E-state index contributed by atoms with van der Waals surface area (Å²) < 4.78 is 5.27. The average molecular weight is 258 g/mol. The van der Waals surface area contributed by atoms with E-state index in [0.29, 0.717) is 6.04 Å². The van der Waals surface area contributed by atoms with Crippen LogP contribution in [0.1, 0.15) is 54.4 Å². The lowest BCUT2D eigenvalue weighted by Gasteiger charge is -2.21. The van der Waals surface area contributed by atoms with Gasteiger partial charge >= 0.3 is 5.97 Å². The second-order valence-electron chi connectivity index (χ2n) is 5.61. The minimum absolute atomic E-state index is 0.0530. The fourth-order valence-electron chi connectivity index (χ4n) is 1.68. The van der Waals surface area contributed by atoms with Crippen molar-refractivity contribution < 1.29 is 9.53 Å². The molecule has 0 fully saturated rings. The molecule has 0 aromatic heterocycles. The van der Waals surface area contributed by atoms with Crippen LogP contribution in [0.5, 0.6) is 0 Å². The number of ether oxygens (including phenoxy) is 1. The highest BCUT2D eigenvalue weighted by molar-refractivity contribution is 5.75. The highest BCUT2D eigenvalue weighted by Crippen LogP contribution is 2.03. The smallest absolute Gasteiger partial charge is 0.323 e. The molecule has 4 nitrogen and oxygen atoms in total. The second kappa shape index (κ2) is 9.34. The van der Waals surface area contributed by atoms with Crippen LogP contribution in [0.15, 0.2) is 0 Å². The molecule has 108 valence electrons. The zero-order valence-corrected chi connectivity index (χ0v) is 12.7. The van der Waals surface area contributed by atoms with E-state index in [4.69, 9.17) is 4.74 Å². The van der Waals surface area contributed by atoms with E-state index in [9.17, 15) is 4.79 Å². The zero-order chi connectivity index (χ0) is 14.1. The zero-order valence-electron chi connectivity index (χ0n) is 12.7. The molecule has 0 heterocycles. The van der Waals surface area contributed by atoms with E-state index >= 15 is 0 Å². The second-order valence-corrected chi connectivity index (χ2v) is 5.61. The molecule has 0 unspecified atom stereocenters. The quantitative estimate of drug-likeness (QED) is 0.491. The summed E-state index contributed by atoms with van der Waals surface area (Å²) in [7, 11) is 0. The van der Waals surface area contributed by atoms with Gasteiger partial charge in [0.1, 0.15) is 6.04 Å². The molecule has 0 radical (unpaired) electrons. The molecule has 4 heteroatoms. The average Bonchev–Trinajstić information content (AvgIpc) is 2.20. The number of nitrogens with one attached hydrogen (secondary N) is 2. The van der Waals surface area contributed by atoms with Gasteiger partial charge < -0.3 is 15.4 Å². The van der Waals surface area contributed by atoms with E-state index in [1.165, 1.54) is 0 Å². The monoisotopic (exact) mass is 258 g/mol. The Morgan fingerprint density at radius 2 is 1.67 bits per heavy atom. The van der Waals surface area contributed by atoms with Gasteiger partial charge in [-0.2, -0.15) is 0 Å². The van der Waals surface area contributed by atoms with Gasteiger partial charge in [-0.25, -0.2) is 0 Å². The highest BCUT2D eigenvalue weighted by atomic mass is 16.5. The summed E-state index contributed by atoms with van der Waals surface area (Å²) in [6.45, 7) is 13.0. The van der Waals surface area contributed by atoms with Crippen molar-refractivity contribution in [3.63, 3.8) is 0 Å². The summed E-state index contributed by atoms with van der Waals surface area (Å²) in [5.74, 6) is -0.136. The molecule has 18 heavy (non-hydrogen) atoms. The number of hydrogen-bond donors (Lipinski definition) is 2. The number of carbonyl (C=O) groups is 1. The van der Waals surface area contributed by atoms with Crippen LogP contribution in [0, 0.1) is 0 Å². The minimum atomic E-state index is -0.193. The van der Waals surface area contributed by atoms with Crippen LogP contribution in [0.2, 0.25) is 0 Å². The van der Waals surface area contributed by atoms with Crippen LogP contribution in [0.3, 0.4) is 0 Å². The maximum absolute atomic E-state index is 11.9. The van der Waals surface area contributed by atoms with Gasteiger partial charge in [-0.1, -0.05) is 27.7 Å². The minimum Gasteiger partial charge on any atom is -0.462 e. The molecule has 0 saturated carbocycles. The van der Waals surface area contributed by atoms with Crippen molar-refractivity contribution in [1.29, 1.82) is 0 Å². The van der Waals surface area contributed by atoms with E-state index in [1.54, 1.807) is 0 Å². The Hall–Kier alpha value is -0.610. The Morgan fingerprint density at radius 3 is 2.11 bits per heavy atom. The van der Waals surface area contributed by atoms with Crippen molar-refractivity contribution in [1.82, 2.24) is 10.6 Å². The molecule has 0 rings (SSSR count). The first-order valence-electron chi connectivity index (χ1n) is 7.02. The molecule has 0 aliphatic rings. The standard InChI is InChI=1S/C14H30N2O2/c1-10(2)15-9-7-8-13(16-11(3)4)14(17)18-12(5)6/h10-13,15-16H,7-9H2,1-6H3/t13-/m0/s1. The van der Waals surface area contributed by atoms with Gasteiger partial charge in [-0.15, -0.1) is 0 Å². The Balaban J connectivity index is 4.10. The van der Waals surface area contributed by atoms with Crippen LogP contribution < -0.4 is 10.6 Å². The fourth-order valence-corrected chi connectivity index (χ4v) is 1.68. The van der Waals surface area contributed by atoms with Crippen molar-refractivity contribution >= 4 is 5.97 Å². The Morgan fingerprint density at radius 1 is 1.06 bits per heavy atom. The Labute approximate surface area is 112 Å². The Bertz CT molecular complexity index is 228. The van der Waals surface area contributed by atoms with Gasteiger partial charge in [-0.3, -0.25) is 4.79 Å². The molecule has 1 atom stereocenters. The molecule has 2 N–H and O–H groups in total. The predicted molar refractivity (Wildman–Crippen MR) is 75.7 cm³/mol. The van der Waals surface area contributed by atoms with Crippen molar-refractivity contribution in [3.8, 4) is 0 Å². The first-order chi connectivity index (χ1) is 8.32. The number of hydrogen-bond acceptors (Lipinski definition) is 4. The van der Waals surface area contributed by atoms with Crippen molar-refractivity contribution in [2.75, 3.05) is 6.54 Å². The summed E-state index contributed by atoms with van der Waals surface area (Å²) in [5, 5.41) is 6.62. The molecular weight excluding hydrogens is 228 g/mol. The van der Waals surface area contributed by atoms with Gasteiger partial charge in [-0.05, 0) is 33.2 Å². The molecule has 0 saturated heterocycles. The van der Waals surface area contributed by atoms with E-state index < -0.39 is 0 Å². The normalized spacial score (nSPS) is 13.4. The molecule has 0 amide bonds. The SMILES string of the molecule is CC(C)NCCC[C@H](NC(C)C)C(=O)OC(C)C. The van der Waals surface area contributed by atoms with Gasteiger partial charge in [0.2, 0.25) is 0 Å². The first kappa shape index (κ1) is 17.4. The summed E-state index contributed by atoms with van der Waals surface area (Å²) in [6, 6.07) is 0.582. The van der Waals surface area contributed by atoms with Crippen molar-refractivity contribution in [2.45, 2.75) is 78.6 Å². The van der Waals surface area contributed by atoms with Crippen molar-refractivity contribution in [3.05, 3.63) is 0 Å². The Kier molecular flexibility index (Phi) is 9.02. The van der Waals surface area contributed by atoms with Gasteiger partial charge in [0.05, 0.1) is 6.10 Å². The van der Waals surface area contributed by atoms with Crippen LogP contribution in [-0.4, -0.2) is 36.7 Å². The largest absolute Gasteiger partial charge is 0.462 e. The maximum atomic E-state index is 11.9. The topological polar surface area (TPSA) is 50.4 Å². The fraction of sp³-hybridized carbons (Fsp3) is 0.929. The molecule has 0 aromatic rings. The first-order valence-corrected chi connectivity index (χ1v) is 7.02. The lowest BCUT2D eigenvalue weighted by molar-refractivity contribution is -0.150. The van der Waals surface area contributed by atoms with Gasteiger partial charge in [0.15, 0.2) is 0 Å². The third-order valence-corrected chi connectivity index (χ3v) is 2.39. The summed E-state index contributed by atoms with van der Waals surface area (Å²) in [4.78, 5) is 11.9. The number of esters is 1. The summed E-state index contributed by atoms with van der Waals surface area (Å²) >= 11 is 0. The molecule has 0 spiro atoms. The van der Waals surface area contributed by atoms with E-state index in [2.05, 4.69) is 24.5 Å². The molecular formula is C14H30N2O2. The van der Waals surface area contributed by atoms with E-state index in [0.717, 1.165) is 19.4 Å². The third-order valence-electron chi connectivity index (χ3n) is 2.39. The van der Waals surface area contributed by atoms with E-state index in [1.807, 2.05) is 27.7 Å². The lowest BCUT2D eigenvalue weighted by Crippen LogP contribution is -2.43. The van der Waals surface area contributed by atoms with E-state index in [-0.39, 0.29) is 24.2 Å². The van der Waals surface area contributed by atoms with Gasteiger partial charge in [0, 0.05) is 12.1 Å². The number of rotatable bonds is 9. The number of carbonyl (C=O) groups excluding carboxylic acids is 1. The van der Waals surface area contributed by atoms with Crippen LogP contribution >= 0.6 is 0 Å². The third kappa shape index (κ3) is 9.42. The predicted octanol–water partition coefficient (Wildman–Crippen LogP) is 2.08. The van der Waals surface area contributed by atoms with Crippen molar-refractivity contribution in [2.24, 2.45) is 0 Å². The molecule has 0 aliphatic carbocycles. The van der Waals surface area contributed by atoms with Crippen LogP contribution in [0.25, 0.3) is 0 Å². The van der Waals surface area contributed by atoms with Crippen LogP contribution in [-0.2, 0) is 9.53 Å². The molecule has 0 aromatic carbocycles. The molecule has 0 aliphatic heterocycles. The lowest BCUT2D eigenvalue weighted by atomic mass is 10.1.